The Hall–Kier alpha value is -3.74. The van der Waals surface area contributed by atoms with Crippen molar-refractivity contribution in [1.29, 1.82) is 0 Å². The third-order valence-corrected chi connectivity index (χ3v) is 5.80. The van der Waals surface area contributed by atoms with Gasteiger partial charge in [0.25, 0.3) is 0 Å². The largest absolute Gasteiger partial charge is 0.496 e. The van der Waals surface area contributed by atoms with Gasteiger partial charge in [0.05, 0.1) is 13.2 Å². The molecule has 1 N–H and O–H groups in total. The molecule has 3 heterocycles. The molecule has 162 valence electrons. The standard InChI is InChI=1S/C25H24FN5O/c1-16-14-18(12-13-27-16)21-11-10-20(15-23(21)32-2)28-25-29-24-5-3-4-22(31(24)30-25)17-6-8-19(26)9-7-17/h6-15,22H,3-5H2,1-2H3,(H,28,30). The highest BCUT2D eigenvalue weighted by Gasteiger charge is 2.24. The van der Waals surface area contributed by atoms with E-state index in [1.807, 2.05) is 54.1 Å². The molecule has 1 aliphatic heterocycles. The summed E-state index contributed by atoms with van der Waals surface area (Å²) in [6, 6.07) is 16.7. The van der Waals surface area contributed by atoms with Crippen LogP contribution in [-0.2, 0) is 6.42 Å². The number of nitrogens with one attached hydrogen (secondary N) is 1. The molecule has 0 spiro atoms. The number of nitrogens with zero attached hydrogens (tertiary/aromatic N) is 4. The summed E-state index contributed by atoms with van der Waals surface area (Å²) in [6.45, 7) is 1.97. The Kier molecular flexibility index (Phi) is 5.31. The third kappa shape index (κ3) is 3.93. The van der Waals surface area contributed by atoms with E-state index in [9.17, 15) is 4.39 Å². The maximum atomic E-state index is 13.4. The summed E-state index contributed by atoms with van der Waals surface area (Å²) in [5, 5.41) is 8.04. The summed E-state index contributed by atoms with van der Waals surface area (Å²) >= 11 is 0. The Balaban J connectivity index is 1.42. The van der Waals surface area contributed by atoms with Gasteiger partial charge in [-0.3, -0.25) is 4.98 Å². The van der Waals surface area contributed by atoms with Crippen LogP contribution >= 0.6 is 0 Å². The Morgan fingerprint density at radius 3 is 2.72 bits per heavy atom. The number of rotatable bonds is 5. The number of aromatic nitrogens is 4. The highest BCUT2D eigenvalue weighted by atomic mass is 19.1. The number of methoxy groups -OCH3 is 1. The molecule has 32 heavy (non-hydrogen) atoms. The Morgan fingerprint density at radius 1 is 1.09 bits per heavy atom. The van der Waals surface area contributed by atoms with Gasteiger partial charge in [0.1, 0.15) is 17.4 Å². The number of anilines is 2. The molecule has 1 unspecified atom stereocenters. The SMILES string of the molecule is COc1cc(Nc2nc3n(n2)C(c2ccc(F)cc2)CCC3)ccc1-c1ccnc(C)c1. The highest BCUT2D eigenvalue weighted by Crippen LogP contribution is 2.34. The zero-order valence-corrected chi connectivity index (χ0v) is 18.0. The summed E-state index contributed by atoms with van der Waals surface area (Å²) < 4.78 is 21.0. The minimum Gasteiger partial charge on any atom is -0.496 e. The van der Waals surface area contributed by atoms with Crippen LogP contribution in [0.4, 0.5) is 16.0 Å². The highest BCUT2D eigenvalue weighted by molar-refractivity contribution is 5.74. The van der Waals surface area contributed by atoms with Gasteiger partial charge >= 0.3 is 0 Å². The summed E-state index contributed by atoms with van der Waals surface area (Å²) in [4.78, 5) is 8.97. The Bertz CT molecular complexity index is 1250. The molecule has 2 aromatic carbocycles. The lowest BCUT2D eigenvalue weighted by Gasteiger charge is -2.23. The Morgan fingerprint density at radius 2 is 1.94 bits per heavy atom. The maximum Gasteiger partial charge on any atom is 0.246 e. The number of hydrogen-bond donors (Lipinski definition) is 1. The monoisotopic (exact) mass is 429 g/mol. The van der Waals surface area contributed by atoms with E-state index in [1.165, 1.54) is 12.1 Å². The first-order valence-corrected chi connectivity index (χ1v) is 10.7. The van der Waals surface area contributed by atoms with Crippen LogP contribution in [0.5, 0.6) is 5.75 Å². The van der Waals surface area contributed by atoms with E-state index >= 15 is 0 Å². The summed E-state index contributed by atoms with van der Waals surface area (Å²) in [7, 11) is 1.66. The number of aryl methyl sites for hydroxylation is 2. The number of ether oxygens (including phenoxy) is 1. The minimum atomic E-state index is -0.231. The van der Waals surface area contributed by atoms with Gasteiger partial charge in [-0.1, -0.05) is 12.1 Å². The molecule has 6 nitrogen and oxygen atoms in total. The minimum absolute atomic E-state index is 0.0641. The van der Waals surface area contributed by atoms with Crippen molar-refractivity contribution in [2.75, 3.05) is 12.4 Å². The average molecular weight is 429 g/mol. The molecular formula is C25H24FN5O. The first kappa shape index (κ1) is 20.2. The fraction of sp³-hybridized carbons (Fsp3) is 0.240. The summed E-state index contributed by atoms with van der Waals surface area (Å²) in [5.74, 6) is 2.01. The normalized spacial score (nSPS) is 15.3. The van der Waals surface area contributed by atoms with E-state index in [0.29, 0.717) is 5.95 Å². The van der Waals surface area contributed by atoms with E-state index in [4.69, 9.17) is 14.8 Å². The molecule has 7 heteroatoms. The third-order valence-electron chi connectivity index (χ3n) is 5.80. The van der Waals surface area contributed by atoms with Gasteiger partial charge < -0.3 is 10.1 Å². The molecule has 0 bridgehead atoms. The smallest absolute Gasteiger partial charge is 0.246 e. The van der Waals surface area contributed by atoms with Crippen molar-refractivity contribution < 1.29 is 9.13 Å². The second kappa shape index (κ2) is 8.42. The molecular weight excluding hydrogens is 405 g/mol. The van der Waals surface area contributed by atoms with Gasteiger partial charge in [-0.25, -0.2) is 9.07 Å². The molecule has 0 radical (unpaired) electrons. The molecule has 0 aliphatic carbocycles. The number of pyridine rings is 1. The maximum absolute atomic E-state index is 13.4. The number of fused-ring (bicyclic) bond motifs is 1. The fourth-order valence-corrected chi connectivity index (χ4v) is 4.25. The molecule has 0 amide bonds. The van der Waals surface area contributed by atoms with Gasteiger partial charge in [0.2, 0.25) is 5.95 Å². The summed E-state index contributed by atoms with van der Waals surface area (Å²) in [6.07, 6.45) is 4.65. The lowest BCUT2D eigenvalue weighted by Crippen LogP contribution is -2.20. The van der Waals surface area contributed by atoms with Crippen LogP contribution in [0.25, 0.3) is 11.1 Å². The van der Waals surface area contributed by atoms with Gasteiger partial charge in [0.15, 0.2) is 0 Å². The van der Waals surface area contributed by atoms with E-state index in [1.54, 1.807) is 13.3 Å². The van der Waals surface area contributed by atoms with Crippen LogP contribution in [0.2, 0.25) is 0 Å². The summed E-state index contributed by atoms with van der Waals surface area (Å²) in [5.41, 5.74) is 4.89. The first-order valence-electron chi connectivity index (χ1n) is 10.7. The van der Waals surface area contributed by atoms with Gasteiger partial charge in [0, 0.05) is 35.6 Å². The van der Waals surface area contributed by atoms with Crippen LogP contribution in [0.15, 0.2) is 60.8 Å². The molecule has 4 aromatic rings. The second-order valence-electron chi connectivity index (χ2n) is 7.98. The van der Waals surface area contributed by atoms with Crippen molar-refractivity contribution in [2.24, 2.45) is 0 Å². The van der Waals surface area contributed by atoms with Crippen LogP contribution in [0.3, 0.4) is 0 Å². The van der Waals surface area contributed by atoms with Gasteiger partial charge in [-0.15, -0.1) is 5.10 Å². The fourth-order valence-electron chi connectivity index (χ4n) is 4.25. The molecule has 0 saturated carbocycles. The van der Waals surface area contributed by atoms with E-state index in [0.717, 1.165) is 58.9 Å². The zero-order chi connectivity index (χ0) is 22.1. The first-order chi connectivity index (χ1) is 15.6. The molecule has 1 aliphatic rings. The molecule has 0 fully saturated rings. The van der Waals surface area contributed by atoms with Crippen molar-refractivity contribution in [3.05, 3.63) is 83.7 Å². The topological polar surface area (TPSA) is 64.9 Å². The van der Waals surface area contributed by atoms with E-state index < -0.39 is 0 Å². The second-order valence-corrected chi connectivity index (χ2v) is 7.98. The predicted molar refractivity (Wildman–Crippen MR) is 122 cm³/mol. The molecule has 5 rings (SSSR count). The number of halogens is 1. The quantitative estimate of drug-likeness (QED) is 0.456. The number of hydrogen-bond acceptors (Lipinski definition) is 5. The van der Waals surface area contributed by atoms with Crippen molar-refractivity contribution in [3.8, 4) is 16.9 Å². The van der Waals surface area contributed by atoms with E-state index in [-0.39, 0.29) is 11.9 Å². The van der Waals surface area contributed by atoms with Gasteiger partial charge in [-0.2, -0.15) is 4.98 Å². The average Bonchev–Trinajstić information content (AvgIpc) is 3.22. The van der Waals surface area contributed by atoms with Gasteiger partial charge in [-0.05, 0) is 67.3 Å². The predicted octanol–water partition coefficient (Wildman–Crippen LogP) is 5.47. The van der Waals surface area contributed by atoms with E-state index in [2.05, 4.69) is 10.3 Å². The van der Waals surface area contributed by atoms with Crippen molar-refractivity contribution in [2.45, 2.75) is 32.2 Å². The zero-order valence-electron chi connectivity index (χ0n) is 18.0. The molecule has 0 saturated heterocycles. The van der Waals surface area contributed by atoms with Crippen LogP contribution in [-0.4, -0.2) is 26.9 Å². The number of benzene rings is 2. The molecule has 1 atom stereocenters. The Labute approximate surface area is 186 Å². The van der Waals surface area contributed by atoms with Crippen LogP contribution in [0.1, 0.15) is 36.0 Å². The van der Waals surface area contributed by atoms with Crippen molar-refractivity contribution in [1.82, 2.24) is 19.7 Å². The lowest BCUT2D eigenvalue weighted by molar-refractivity contribution is 0.412. The molecule has 2 aromatic heterocycles. The van der Waals surface area contributed by atoms with Crippen molar-refractivity contribution >= 4 is 11.6 Å². The van der Waals surface area contributed by atoms with Crippen LogP contribution in [0, 0.1) is 12.7 Å². The van der Waals surface area contributed by atoms with Crippen molar-refractivity contribution in [3.63, 3.8) is 0 Å². The lowest BCUT2D eigenvalue weighted by atomic mass is 9.98. The van der Waals surface area contributed by atoms with Crippen LogP contribution < -0.4 is 10.1 Å².